The monoisotopic (exact) mass is 318 g/mol. The van der Waals surface area contributed by atoms with Crippen LogP contribution in [0.1, 0.15) is 44.0 Å². The molecule has 5 heteroatoms. The van der Waals surface area contributed by atoms with Crippen LogP contribution in [0.2, 0.25) is 0 Å². The number of likely N-dealkylation sites (tertiary alicyclic amines) is 1. The van der Waals surface area contributed by atoms with Gasteiger partial charge in [0.15, 0.2) is 0 Å². The first-order valence-corrected chi connectivity index (χ1v) is 8.36. The second kappa shape index (κ2) is 7.49. The van der Waals surface area contributed by atoms with E-state index < -0.39 is 11.9 Å². The highest BCUT2D eigenvalue weighted by Gasteiger charge is 2.32. The highest BCUT2D eigenvalue weighted by Crippen LogP contribution is 2.24. The number of carboxylic acid groups (broad SMARTS) is 1. The standard InChI is InChI=1S/C18H26N2O3/c1-4-19(5-2)16-10-8-14(9-11-16)17(21)20-12-15(18(22)23)7-6-13(20)3/h8-11,13,15H,4-7,12H2,1-3H3,(H,22,23). The van der Waals surface area contributed by atoms with Crippen molar-refractivity contribution < 1.29 is 14.7 Å². The lowest BCUT2D eigenvalue weighted by Gasteiger charge is -2.36. The summed E-state index contributed by atoms with van der Waals surface area (Å²) in [6.45, 7) is 8.34. The van der Waals surface area contributed by atoms with Crippen molar-refractivity contribution in [1.29, 1.82) is 0 Å². The van der Waals surface area contributed by atoms with Gasteiger partial charge in [-0.25, -0.2) is 0 Å². The summed E-state index contributed by atoms with van der Waals surface area (Å²) in [7, 11) is 0. The lowest BCUT2D eigenvalue weighted by molar-refractivity contribution is -0.143. The first-order valence-electron chi connectivity index (χ1n) is 8.36. The molecule has 0 radical (unpaired) electrons. The Kier molecular flexibility index (Phi) is 5.64. The summed E-state index contributed by atoms with van der Waals surface area (Å²) < 4.78 is 0. The molecule has 2 atom stereocenters. The van der Waals surface area contributed by atoms with Gasteiger partial charge in [0.05, 0.1) is 5.92 Å². The Morgan fingerprint density at radius 2 is 1.78 bits per heavy atom. The molecule has 5 nitrogen and oxygen atoms in total. The van der Waals surface area contributed by atoms with Gasteiger partial charge in [0, 0.05) is 36.9 Å². The number of rotatable bonds is 5. The first kappa shape index (κ1) is 17.3. The van der Waals surface area contributed by atoms with Crippen molar-refractivity contribution in [2.45, 2.75) is 39.7 Å². The molecule has 0 spiro atoms. The minimum atomic E-state index is -0.813. The molecule has 126 valence electrons. The van der Waals surface area contributed by atoms with Crippen LogP contribution in [0.3, 0.4) is 0 Å². The third kappa shape index (κ3) is 3.84. The van der Waals surface area contributed by atoms with Crippen LogP contribution < -0.4 is 4.90 Å². The SMILES string of the molecule is CCN(CC)c1ccc(C(=O)N2CC(C(=O)O)CCC2C)cc1. The molecule has 0 aromatic heterocycles. The number of aliphatic carboxylic acids is 1. The van der Waals surface area contributed by atoms with Crippen LogP contribution in [0.15, 0.2) is 24.3 Å². The average Bonchev–Trinajstić information content (AvgIpc) is 2.56. The molecule has 1 fully saturated rings. The molecule has 1 heterocycles. The van der Waals surface area contributed by atoms with E-state index in [1.165, 1.54) is 0 Å². The molecule has 0 aliphatic carbocycles. The topological polar surface area (TPSA) is 60.9 Å². The van der Waals surface area contributed by atoms with Crippen LogP contribution in [0.4, 0.5) is 5.69 Å². The zero-order valence-corrected chi connectivity index (χ0v) is 14.2. The van der Waals surface area contributed by atoms with Crippen molar-refractivity contribution in [2.75, 3.05) is 24.5 Å². The van der Waals surface area contributed by atoms with E-state index in [0.717, 1.165) is 25.2 Å². The lowest BCUT2D eigenvalue weighted by Crippen LogP contribution is -2.47. The number of carbonyl (C=O) groups is 2. The zero-order valence-electron chi connectivity index (χ0n) is 14.2. The number of carbonyl (C=O) groups excluding carboxylic acids is 1. The molecule has 0 saturated carbocycles. The second-order valence-electron chi connectivity index (χ2n) is 6.14. The summed E-state index contributed by atoms with van der Waals surface area (Å²) in [5, 5.41) is 9.20. The van der Waals surface area contributed by atoms with Gasteiger partial charge < -0.3 is 14.9 Å². The number of nitrogens with zero attached hydrogens (tertiary/aromatic N) is 2. The van der Waals surface area contributed by atoms with Crippen molar-refractivity contribution in [3.05, 3.63) is 29.8 Å². The smallest absolute Gasteiger partial charge is 0.308 e. The largest absolute Gasteiger partial charge is 0.481 e. The van der Waals surface area contributed by atoms with Crippen molar-refractivity contribution in [2.24, 2.45) is 5.92 Å². The fourth-order valence-corrected chi connectivity index (χ4v) is 3.16. The van der Waals surface area contributed by atoms with E-state index in [2.05, 4.69) is 18.7 Å². The molecule has 23 heavy (non-hydrogen) atoms. The van der Waals surface area contributed by atoms with E-state index in [1.807, 2.05) is 31.2 Å². The predicted octanol–water partition coefficient (Wildman–Crippen LogP) is 2.86. The van der Waals surface area contributed by atoms with Gasteiger partial charge in [0.25, 0.3) is 5.91 Å². The van der Waals surface area contributed by atoms with Gasteiger partial charge in [-0.2, -0.15) is 0 Å². The van der Waals surface area contributed by atoms with E-state index in [1.54, 1.807) is 4.90 Å². The summed E-state index contributed by atoms with van der Waals surface area (Å²) in [6, 6.07) is 7.69. The van der Waals surface area contributed by atoms with Crippen molar-refractivity contribution >= 4 is 17.6 Å². The molecule has 1 aromatic carbocycles. The fraction of sp³-hybridized carbons (Fsp3) is 0.556. The minimum absolute atomic E-state index is 0.0745. The Balaban J connectivity index is 2.14. The molecule has 2 unspecified atom stereocenters. The van der Waals surface area contributed by atoms with Gasteiger partial charge in [0.1, 0.15) is 0 Å². The van der Waals surface area contributed by atoms with E-state index >= 15 is 0 Å². The Labute approximate surface area is 137 Å². The molecule has 0 bridgehead atoms. The maximum atomic E-state index is 12.7. The molecular weight excluding hydrogens is 292 g/mol. The second-order valence-corrected chi connectivity index (χ2v) is 6.14. The van der Waals surface area contributed by atoms with Gasteiger partial charge in [-0.05, 0) is 57.9 Å². The lowest BCUT2D eigenvalue weighted by atomic mass is 9.93. The van der Waals surface area contributed by atoms with Gasteiger partial charge in [-0.3, -0.25) is 9.59 Å². The maximum absolute atomic E-state index is 12.7. The molecule has 1 saturated heterocycles. The van der Waals surface area contributed by atoms with Crippen LogP contribution in [-0.4, -0.2) is 47.6 Å². The normalized spacial score (nSPS) is 21.1. The van der Waals surface area contributed by atoms with Gasteiger partial charge >= 0.3 is 5.97 Å². The molecular formula is C18H26N2O3. The number of hydrogen-bond donors (Lipinski definition) is 1. The summed E-state index contributed by atoms with van der Waals surface area (Å²) in [6.07, 6.45) is 1.38. The van der Waals surface area contributed by atoms with Crippen LogP contribution in [0, 0.1) is 5.92 Å². The van der Waals surface area contributed by atoms with Crippen LogP contribution in [0.5, 0.6) is 0 Å². The average molecular weight is 318 g/mol. The Morgan fingerprint density at radius 1 is 1.17 bits per heavy atom. The minimum Gasteiger partial charge on any atom is -0.481 e. The van der Waals surface area contributed by atoms with E-state index in [0.29, 0.717) is 18.5 Å². The number of anilines is 1. The Bertz CT molecular complexity index is 552. The van der Waals surface area contributed by atoms with Gasteiger partial charge in [-0.15, -0.1) is 0 Å². The number of piperidine rings is 1. The Hall–Kier alpha value is -2.04. The van der Waals surface area contributed by atoms with Crippen LogP contribution in [0.25, 0.3) is 0 Å². The van der Waals surface area contributed by atoms with E-state index in [-0.39, 0.29) is 11.9 Å². The molecule has 1 aliphatic rings. The van der Waals surface area contributed by atoms with Gasteiger partial charge in [0.2, 0.25) is 0 Å². The van der Waals surface area contributed by atoms with Crippen molar-refractivity contribution in [1.82, 2.24) is 4.90 Å². The summed E-state index contributed by atoms with van der Waals surface area (Å²) in [5.74, 6) is -1.34. The third-order valence-corrected chi connectivity index (χ3v) is 4.73. The number of amides is 1. The molecule has 2 rings (SSSR count). The molecule has 1 amide bonds. The van der Waals surface area contributed by atoms with Crippen LogP contribution in [-0.2, 0) is 4.79 Å². The predicted molar refractivity (Wildman–Crippen MR) is 90.9 cm³/mol. The number of hydrogen-bond acceptors (Lipinski definition) is 3. The Morgan fingerprint density at radius 3 is 2.30 bits per heavy atom. The van der Waals surface area contributed by atoms with Crippen molar-refractivity contribution in [3.8, 4) is 0 Å². The first-order chi connectivity index (χ1) is 11.0. The number of benzene rings is 1. The van der Waals surface area contributed by atoms with Crippen molar-refractivity contribution in [3.63, 3.8) is 0 Å². The summed E-state index contributed by atoms with van der Waals surface area (Å²) in [5.41, 5.74) is 1.72. The quantitative estimate of drug-likeness (QED) is 0.907. The number of carboxylic acids is 1. The van der Waals surface area contributed by atoms with E-state index in [9.17, 15) is 14.7 Å². The molecule has 1 aromatic rings. The maximum Gasteiger partial charge on any atom is 0.308 e. The zero-order chi connectivity index (χ0) is 17.0. The third-order valence-electron chi connectivity index (χ3n) is 4.73. The highest BCUT2D eigenvalue weighted by atomic mass is 16.4. The molecule has 1 aliphatic heterocycles. The van der Waals surface area contributed by atoms with Crippen LogP contribution >= 0.6 is 0 Å². The van der Waals surface area contributed by atoms with Gasteiger partial charge in [-0.1, -0.05) is 0 Å². The highest BCUT2D eigenvalue weighted by molar-refractivity contribution is 5.95. The summed E-state index contributed by atoms with van der Waals surface area (Å²) in [4.78, 5) is 27.8. The van der Waals surface area contributed by atoms with E-state index in [4.69, 9.17) is 0 Å². The molecule has 1 N–H and O–H groups in total. The summed E-state index contributed by atoms with van der Waals surface area (Å²) >= 11 is 0. The fourth-order valence-electron chi connectivity index (χ4n) is 3.16.